The molecule has 0 saturated carbocycles. The van der Waals surface area contributed by atoms with E-state index in [1.165, 1.54) is 54.2 Å². The van der Waals surface area contributed by atoms with Gasteiger partial charge < -0.3 is 0 Å². The van der Waals surface area contributed by atoms with E-state index in [4.69, 9.17) is 9.98 Å². The minimum absolute atomic E-state index is 0.607. The zero-order valence-electron chi connectivity index (χ0n) is 32.8. The molecule has 2 nitrogen and oxygen atoms in total. The summed E-state index contributed by atoms with van der Waals surface area (Å²) < 4.78 is 0. The van der Waals surface area contributed by atoms with Gasteiger partial charge in [0.05, 0.1) is 5.70 Å². The minimum Gasteiger partial charge on any atom is -0.233 e. The van der Waals surface area contributed by atoms with Crippen molar-refractivity contribution in [3.8, 4) is 33.4 Å². The molecule has 0 unspecified atom stereocenters. The Morgan fingerprint density at radius 2 is 0.780 bits per heavy atom. The molecule has 0 bridgehead atoms. The zero-order valence-corrected chi connectivity index (χ0v) is 32.8. The van der Waals surface area contributed by atoms with E-state index in [-0.39, 0.29) is 0 Å². The molecular weight excluding hydrogens is 713 g/mol. The van der Waals surface area contributed by atoms with Crippen LogP contribution in [-0.4, -0.2) is 11.5 Å². The highest BCUT2D eigenvalue weighted by Gasteiger charge is 2.16. The molecule has 278 valence electrons. The average molecular weight is 753 g/mol. The molecule has 0 N–H and O–H groups in total. The lowest BCUT2D eigenvalue weighted by Gasteiger charge is -2.16. The first-order valence-electron chi connectivity index (χ1n) is 20.1. The second kappa shape index (κ2) is 15.3. The smallest absolute Gasteiger partial charge is 0.160 e. The molecule has 0 saturated heterocycles. The Morgan fingerprint density at radius 1 is 0.339 bits per heavy atom. The maximum absolute atomic E-state index is 5.38. The molecule has 0 heterocycles. The van der Waals surface area contributed by atoms with Crippen molar-refractivity contribution in [3.05, 3.63) is 236 Å². The van der Waals surface area contributed by atoms with E-state index in [1.807, 2.05) is 36.4 Å². The Balaban J connectivity index is 1.20. The molecule has 0 amide bonds. The lowest BCUT2D eigenvalue weighted by atomic mass is 9.88. The number of benzene rings is 10. The third kappa shape index (κ3) is 6.92. The summed E-state index contributed by atoms with van der Waals surface area (Å²) in [5, 5.41) is 9.83. The normalized spacial score (nSPS) is 12.1. The van der Waals surface area contributed by atoms with Gasteiger partial charge in [-0.25, -0.2) is 9.98 Å². The molecule has 0 aliphatic carbocycles. The predicted octanol–water partition coefficient (Wildman–Crippen LogP) is 15.2. The van der Waals surface area contributed by atoms with Gasteiger partial charge in [0.25, 0.3) is 0 Å². The molecule has 0 aliphatic heterocycles. The number of nitrogens with zero attached hydrogens (tertiary/aromatic N) is 2. The number of fused-ring (bicyclic) bond motifs is 6. The Kier molecular flexibility index (Phi) is 9.29. The third-order valence-electron chi connectivity index (χ3n) is 11.4. The largest absolute Gasteiger partial charge is 0.233 e. The fourth-order valence-corrected chi connectivity index (χ4v) is 8.38. The molecule has 0 aliphatic rings. The molecule has 0 fully saturated rings. The lowest BCUT2D eigenvalue weighted by molar-refractivity contribution is 1.44. The lowest BCUT2D eigenvalue weighted by Crippen LogP contribution is -2.05. The molecule has 2 heteroatoms. The number of rotatable bonds is 7. The fourth-order valence-electron chi connectivity index (χ4n) is 8.38. The van der Waals surface area contributed by atoms with Gasteiger partial charge in [-0.15, -0.1) is 0 Å². The first-order valence-corrected chi connectivity index (χ1v) is 20.1. The van der Waals surface area contributed by atoms with Gasteiger partial charge in [0, 0.05) is 11.3 Å². The van der Waals surface area contributed by atoms with Crippen molar-refractivity contribution in [3.63, 3.8) is 0 Å². The maximum Gasteiger partial charge on any atom is 0.160 e. The molecular formula is C57H40N2. The van der Waals surface area contributed by atoms with Crippen LogP contribution in [0.5, 0.6) is 0 Å². The van der Waals surface area contributed by atoms with Crippen LogP contribution in [0.3, 0.4) is 0 Å². The van der Waals surface area contributed by atoms with Crippen molar-refractivity contribution >= 4 is 60.3 Å². The van der Waals surface area contributed by atoms with Gasteiger partial charge in [-0.1, -0.05) is 189 Å². The molecule has 0 atom stereocenters. The van der Waals surface area contributed by atoms with Crippen LogP contribution in [0.15, 0.2) is 229 Å². The SMILES string of the molecule is C=C(/N=C(\N=C(/C)c1cc(-c2cc3ccccc3c3ccccc23)cc(-c2cc3ccccc3c3ccccc23)c1)c1ccc(-c2ccccc2)cc1)c1ccccc1. The summed E-state index contributed by atoms with van der Waals surface area (Å²) in [6.07, 6.45) is 0. The molecule has 0 aromatic heterocycles. The van der Waals surface area contributed by atoms with Gasteiger partial charge in [-0.2, -0.15) is 0 Å². The van der Waals surface area contributed by atoms with Gasteiger partial charge in [-0.05, 0) is 125 Å². The van der Waals surface area contributed by atoms with Gasteiger partial charge in [0.2, 0.25) is 0 Å². The molecule has 10 aromatic carbocycles. The number of aliphatic imine (C=N–C) groups is 2. The molecule has 10 rings (SSSR count). The summed E-state index contributed by atoms with van der Waals surface area (Å²) in [7, 11) is 0. The maximum atomic E-state index is 5.38. The van der Waals surface area contributed by atoms with E-state index < -0.39 is 0 Å². The summed E-state index contributed by atoms with van der Waals surface area (Å²) in [5.74, 6) is 0.607. The van der Waals surface area contributed by atoms with E-state index in [9.17, 15) is 0 Å². The van der Waals surface area contributed by atoms with E-state index in [0.29, 0.717) is 11.5 Å². The highest BCUT2D eigenvalue weighted by molar-refractivity contribution is 6.18. The molecule has 10 aromatic rings. The van der Waals surface area contributed by atoms with Crippen LogP contribution in [0.1, 0.15) is 23.6 Å². The summed E-state index contributed by atoms with van der Waals surface area (Å²) in [6, 6.07) is 75.6. The van der Waals surface area contributed by atoms with Crippen LogP contribution < -0.4 is 0 Å². The van der Waals surface area contributed by atoms with E-state index in [2.05, 4.69) is 189 Å². The van der Waals surface area contributed by atoms with Crippen molar-refractivity contribution < 1.29 is 0 Å². The van der Waals surface area contributed by atoms with E-state index in [0.717, 1.165) is 44.7 Å². The van der Waals surface area contributed by atoms with Crippen molar-refractivity contribution in [2.75, 3.05) is 0 Å². The molecule has 0 radical (unpaired) electrons. The summed E-state index contributed by atoms with van der Waals surface area (Å²) in [5.41, 5.74) is 11.3. The van der Waals surface area contributed by atoms with E-state index in [1.54, 1.807) is 0 Å². The van der Waals surface area contributed by atoms with Crippen molar-refractivity contribution in [2.45, 2.75) is 6.92 Å². The van der Waals surface area contributed by atoms with Crippen LogP contribution in [0.25, 0.3) is 82.2 Å². The van der Waals surface area contributed by atoms with Gasteiger partial charge in [0.15, 0.2) is 5.84 Å². The van der Waals surface area contributed by atoms with Gasteiger partial charge in [-0.3, -0.25) is 0 Å². The molecule has 0 spiro atoms. The second-order valence-electron chi connectivity index (χ2n) is 15.1. The van der Waals surface area contributed by atoms with Crippen molar-refractivity contribution in [1.29, 1.82) is 0 Å². The number of hydrogen-bond acceptors (Lipinski definition) is 1. The van der Waals surface area contributed by atoms with Crippen LogP contribution in [0, 0.1) is 0 Å². The Hall–Kier alpha value is -7.68. The summed E-state index contributed by atoms with van der Waals surface area (Å²) in [4.78, 5) is 10.5. The fraction of sp³-hybridized carbons (Fsp3) is 0.0175. The first kappa shape index (κ1) is 35.7. The standard InChI is InChI=1S/C57H40N2/c1-38(40-17-5-3-6-18-40)58-57(43-31-29-42(30-32-43)41-19-7-4-8-20-41)59-39(2)46-33-47(55-36-44-21-9-11-23-49(44)51-25-13-15-27-53(51)55)35-48(34-46)56-37-45-22-10-12-24-50(45)52-26-14-16-28-54(52)56/h3-37H,1H2,2H3/b58-57-,59-39+. The van der Waals surface area contributed by atoms with Crippen LogP contribution >= 0.6 is 0 Å². The first-order chi connectivity index (χ1) is 29.1. The third-order valence-corrected chi connectivity index (χ3v) is 11.4. The van der Waals surface area contributed by atoms with Crippen LogP contribution in [-0.2, 0) is 0 Å². The van der Waals surface area contributed by atoms with Crippen molar-refractivity contribution in [2.24, 2.45) is 9.98 Å². The van der Waals surface area contributed by atoms with Crippen LogP contribution in [0.4, 0.5) is 0 Å². The second-order valence-corrected chi connectivity index (χ2v) is 15.1. The monoisotopic (exact) mass is 752 g/mol. The van der Waals surface area contributed by atoms with E-state index >= 15 is 0 Å². The Bertz CT molecular complexity index is 3130. The number of amidine groups is 1. The quantitative estimate of drug-likeness (QED) is 0.0880. The van der Waals surface area contributed by atoms with Gasteiger partial charge in [0.1, 0.15) is 0 Å². The minimum atomic E-state index is 0.607. The average Bonchev–Trinajstić information content (AvgIpc) is 3.31. The number of hydrogen-bond donors (Lipinski definition) is 0. The summed E-state index contributed by atoms with van der Waals surface area (Å²) in [6.45, 7) is 6.49. The Labute approximate surface area is 344 Å². The Morgan fingerprint density at radius 3 is 1.32 bits per heavy atom. The zero-order chi connectivity index (χ0) is 39.7. The predicted molar refractivity (Wildman–Crippen MR) is 253 cm³/mol. The highest BCUT2D eigenvalue weighted by atomic mass is 14.9. The summed E-state index contributed by atoms with van der Waals surface area (Å²) >= 11 is 0. The molecule has 59 heavy (non-hydrogen) atoms. The van der Waals surface area contributed by atoms with Crippen molar-refractivity contribution in [1.82, 2.24) is 0 Å². The van der Waals surface area contributed by atoms with Crippen LogP contribution in [0.2, 0.25) is 0 Å². The highest BCUT2D eigenvalue weighted by Crippen LogP contribution is 2.40. The van der Waals surface area contributed by atoms with Gasteiger partial charge >= 0.3 is 0 Å². The topological polar surface area (TPSA) is 24.7 Å².